The molecule has 0 unspecified atom stereocenters. The molecule has 4 heteroatoms. The molecule has 0 saturated heterocycles. The Hall–Kier alpha value is -1.09. The molecule has 0 aliphatic rings. The molecule has 0 aliphatic heterocycles. The summed E-state index contributed by atoms with van der Waals surface area (Å²) in [5.74, 6) is 0. The van der Waals surface area contributed by atoms with Crippen LogP contribution in [0.5, 0.6) is 0 Å². The molecule has 0 heterocycles. The van der Waals surface area contributed by atoms with E-state index < -0.39 is 0 Å². The van der Waals surface area contributed by atoms with E-state index in [4.69, 9.17) is 11.6 Å². The van der Waals surface area contributed by atoms with Crippen molar-refractivity contribution in [3.05, 3.63) is 34.9 Å². The first-order valence-electron chi connectivity index (χ1n) is 3.66. The molecule has 64 valence electrons. The molecule has 0 aliphatic carbocycles. The summed E-state index contributed by atoms with van der Waals surface area (Å²) in [7, 11) is 1.74. The van der Waals surface area contributed by atoms with Crippen molar-refractivity contribution in [2.24, 2.45) is 5.22 Å². The van der Waals surface area contributed by atoms with Gasteiger partial charge in [0.1, 0.15) is 6.54 Å². The van der Waals surface area contributed by atoms with Crippen molar-refractivity contribution in [3.63, 3.8) is 0 Å². The summed E-state index contributed by atoms with van der Waals surface area (Å²) in [6, 6.07) is 7.66. The number of nitrogens with one attached hydrogen (secondary N) is 2. The zero-order valence-electron chi connectivity index (χ0n) is 6.84. The van der Waals surface area contributed by atoms with Gasteiger partial charge in [0.05, 0.1) is 12.3 Å². The number of benzene rings is 1. The minimum absolute atomic E-state index is 0.682. The minimum Gasteiger partial charge on any atom is -0.186 e. The molecule has 3 nitrogen and oxygen atoms in total. The zero-order valence-corrected chi connectivity index (χ0v) is 7.60. The van der Waals surface area contributed by atoms with Gasteiger partial charge in [-0.1, -0.05) is 23.7 Å². The molecule has 0 spiro atoms. The van der Waals surface area contributed by atoms with Crippen LogP contribution in [0.1, 0.15) is 5.56 Å². The fourth-order valence-corrected chi connectivity index (χ4v) is 1.07. The predicted octanol–water partition coefficient (Wildman–Crippen LogP) is 0.507. The lowest BCUT2D eigenvalue weighted by Gasteiger charge is -1.95. The Morgan fingerprint density at radius 2 is 2.42 bits per heavy atom. The predicted molar refractivity (Wildman–Crippen MR) is 47.6 cm³/mol. The maximum absolute atomic E-state index is 5.78. The summed E-state index contributed by atoms with van der Waals surface area (Å²) in [6.07, 6.45) is 0. The van der Waals surface area contributed by atoms with Gasteiger partial charge >= 0.3 is 0 Å². The molecule has 0 amide bonds. The summed E-state index contributed by atoms with van der Waals surface area (Å²) >= 11 is 5.78. The SMILES string of the molecule is C[NH+]=NNCc1cccc(Cl)c1. The Kier molecular flexibility index (Phi) is 3.54. The van der Waals surface area contributed by atoms with E-state index in [1.54, 1.807) is 7.05 Å². The maximum Gasteiger partial charge on any atom is 0.129 e. The summed E-state index contributed by atoms with van der Waals surface area (Å²) in [6.45, 7) is 0.682. The van der Waals surface area contributed by atoms with Gasteiger partial charge in [-0.2, -0.15) is 10.5 Å². The van der Waals surface area contributed by atoms with E-state index in [2.05, 4.69) is 15.8 Å². The molecule has 0 aromatic heterocycles. The van der Waals surface area contributed by atoms with Crippen molar-refractivity contribution >= 4 is 11.6 Å². The van der Waals surface area contributed by atoms with Crippen molar-refractivity contribution in [3.8, 4) is 0 Å². The first-order valence-corrected chi connectivity index (χ1v) is 4.04. The van der Waals surface area contributed by atoms with Gasteiger partial charge < -0.3 is 0 Å². The molecule has 1 aromatic rings. The Balaban J connectivity index is 2.52. The number of rotatable bonds is 3. The quantitative estimate of drug-likeness (QED) is 0.522. The second-order valence-electron chi connectivity index (χ2n) is 2.30. The van der Waals surface area contributed by atoms with Crippen LogP contribution in [-0.2, 0) is 6.54 Å². The van der Waals surface area contributed by atoms with E-state index in [0.717, 1.165) is 10.6 Å². The maximum atomic E-state index is 5.78. The van der Waals surface area contributed by atoms with Gasteiger partial charge in [0.25, 0.3) is 0 Å². The van der Waals surface area contributed by atoms with E-state index >= 15 is 0 Å². The van der Waals surface area contributed by atoms with Crippen LogP contribution in [0.15, 0.2) is 29.5 Å². The van der Waals surface area contributed by atoms with Crippen molar-refractivity contribution in [1.29, 1.82) is 0 Å². The molecule has 0 radical (unpaired) electrons. The third kappa shape index (κ3) is 2.88. The summed E-state index contributed by atoms with van der Waals surface area (Å²) in [5.41, 5.74) is 3.95. The lowest BCUT2D eigenvalue weighted by molar-refractivity contribution is -0.506. The highest BCUT2D eigenvalue weighted by molar-refractivity contribution is 6.30. The zero-order chi connectivity index (χ0) is 8.81. The number of hydrogen-bond donors (Lipinski definition) is 2. The average Bonchev–Trinajstić information content (AvgIpc) is 2.05. The molecule has 12 heavy (non-hydrogen) atoms. The van der Waals surface area contributed by atoms with Gasteiger partial charge in [-0.15, -0.1) is 0 Å². The van der Waals surface area contributed by atoms with E-state index in [0.29, 0.717) is 6.54 Å². The van der Waals surface area contributed by atoms with Crippen LogP contribution in [-0.4, -0.2) is 7.05 Å². The van der Waals surface area contributed by atoms with Crippen molar-refractivity contribution in [1.82, 2.24) is 5.43 Å². The standard InChI is InChI=1S/C8H10ClN3/c1-10-12-11-6-7-3-2-4-8(9)5-7/h2-5H,6H2,1H3,(H,10,11)/p+1. The monoisotopic (exact) mass is 184 g/mol. The van der Waals surface area contributed by atoms with Crippen molar-refractivity contribution < 1.29 is 5.11 Å². The van der Waals surface area contributed by atoms with Crippen molar-refractivity contribution in [2.45, 2.75) is 6.54 Å². The minimum atomic E-state index is 0.682. The summed E-state index contributed by atoms with van der Waals surface area (Å²) < 4.78 is 0. The van der Waals surface area contributed by atoms with Gasteiger partial charge in [0.2, 0.25) is 0 Å². The van der Waals surface area contributed by atoms with Crippen LogP contribution in [0, 0.1) is 0 Å². The molecular formula is C8H11ClN3+. The Morgan fingerprint density at radius 1 is 1.58 bits per heavy atom. The van der Waals surface area contributed by atoms with Crippen LogP contribution in [0.4, 0.5) is 0 Å². The topological polar surface area (TPSA) is 38.4 Å². The molecule has 0 fully saturated rings. The van der Waals surface area contributed by atoms with Crippen LogP contribution >= 0.6 is 11.6 Å². The molecule has 0 bridgehead atoms. The highest BCUT2D eigenvalue weighted by atomic mass is 35.5. The first kappa shape index (κ1) is 9.00. The van der Waals surface area contributed by atoms with Gasteiger partial charge in [0, 0.05) is 5.02 Å². The van der Waals surface area contributed by atoms with E-state index in [9.17, 15) is 0 Å². The molecule has 1 rings (SSSR count). The van der Waals surface area contributed by atoms with E-state index in [1.165, 1.54) is 0 Å². The largest absolute Gasteiger partial charge is 0.186 e. The Bertz CT molecular complexity index is 273. The third-order valence-corrected chi connectivity index (χ3v) is 1.60. The van der Waals surface area contributed by atoms with Gasteiger partial charge in [-0.25, -0.2) is 0 Å². The van der Waals surface area contributed by atoms with Crippen LogP contribution in [0.3, 0.4) is 0 Å². The van der Waals surface area contributed by atoms with Crippen molar-refractivity contribution in [2.75, 3.05) is 7.05 Å². The van der Waals surface area contributed by atoms with E-state index in [-0.39, 0.29) is 0 Å². The van der Waals surface area contributed by atoms with Gasteiger partial charge in [-0.05, 0) is 17.7 Å². The Labute approximate surface area is 76.4 Å². The molecule has 0 saturated carbocycles. The lowest BCUT2D eigenvalue weighted by Crippen LogP contribution is -2.61. The molecule has 1 aromatic carbocycles. The highest BCUT2D eigenvalue weighted by Crippen LogP contribution is 2.09. The average molecular weight is 185 g/mol. The fraction of sp³-hybridized carbons (Fsp3) is 0.250. The fourth-order valence-electron chi connectivity index (χ4n) is 0.857. The number of nitrogens with zero attached hydrogens (tertiary/aromatic N) is 1. The normalized spacial score (nSPS) is 10.5. The summed E-state index contributed by atoms with van der Waals surface area (Å²) in [5, 5.41) is 7.14. The second kappa shape index (κ2) is 4.72. The third-order valence-electron chi connectivity index (χ3n) is 1.36. The molecule has 2 N–H and O–H groups in total. The highest BCUT2D eigenvalue weighted by Gasteiger charge is 1.94. The van der Waals surface area contributed by atoms with Crippen LogP contribution in [0.2, 0.25) is 5.02 Å². The molecular weight excluding hydrogens is 174 g/mol. The number of halogens is 1. The van der Waals surface area contributed by atoms with Gasteiger partial charge in [0.15, 0.2) is 0 Å². The van der Waals surface area contributed by atoms with Crippen LogP contribution < -0.4 is 10.5 Å². The van der Waals surface area contributed by atoms with Crippen LogP contribution in [0.25, 0.3) is 0 Å². The molecule has 0 atom stereocenters. The van der Waals surface area contributed by atoms with Gasteiger partial charge in [-0.3, -0.25) is 0 Å². The van der Waals surface area contributed by atoms with E-state index in [1.807, 2.05) is 24.3 Å². The smallest absolute Gasteiger partial charge is 0.129 e. The lowest BCUT2D eigenvalue weighted by atomic mass is 10.2. The number of hydrogen-bond acceptors (Lipinski definition) is 1. The summed E-state index contributed by atoms with van der Waals surface area (Å²) in [4.78, 5) is 0. The first-order chi connectivity index (χ1) is 5.83. The Morgan fingerprint density at radius 3 is 3.08 bits per heavy atom. The second-order valence-corrected chi connectivity index (χ2v) is 2.74.